The number of hydrogen-bond donors (Lipinski definition) is 1. The molecule has 1 saturated heterocycles. The first-order valence-electron chi connectivity index (χ1n) is 5.88. The Kier molecular flexibility index (Phi) is 4.19. The van der Waals surface area contributed by atoms with E-state index in [1.54, 1.807) is 17.0 Å². The van der Waals surface area contributed by atoms with Gasteiger partial charge in [0, 0.05) is 18.1 Å². The molecule has 18 heavy (non-hydrogen) atoms. The van der Waals surface area contributed by atoms with Crippen molar-refractivity contribution in [1.29, 1.82) is 5.26 Å². The fourth-order valence-electron chi connectivity index (χ4n) is 1.94. The summed E-state index contributed by atoms with van der Waals surface area (Å²) in [6.45, 7) is 2.49. The van der Waals surface area contributed by atoms with Crippen molar-refractivity contribution < 1.29 is 4.79 Å². The van der Waals surface area contributed by atoms with Crippen LogP contribution in [0.25, 0.3) is 0 Å². The number of amides is 1. The number of nitriles is 1. The smallest absolute Gasteiger partial charge is 0.236 e. The van der Waals surface area contributed by atoms with Crippen LogP contribution >= 0.6 is 11.6 Å². The zero-order valence-electron chi connectivity index (χ0n) is 9.95. The highest BCUT2D eigenvalue weighted by Crippen LogP contribution is 2.19. The molecule has 0 bridgehead atoms. The van der Waals surface area contributed by atoms with Crippen molar-refractivity contribution in [2.24, 2.45) is 0 Å². The average molecular weight is 264 g/mol. The Hall–Kier alpha value is -1.57. The zero-order chi connectivity index (χ0) is 13.0. The van der Waals surface area contributed by atoms with Crippen LogP contribution in [0.1, 0.15) is 17.5 Å². The Bertz CT molecular complexity index is 495. The maximum atomic E-state index is 11.8. The number of nitrogens with zero attached hydrogens (tertiary/aromatic N) is 2. The van der Waals surface area contributed by atoms with E-state index < -0.39 is 0 Å². The van der Waals surface area contributed by atoms with E-state index in [1.165, 1.54) is 0 Å². The summed E-state index contributed by atoms with van der Waals surface area (Å²) >= 11 is 6.11. The first kappa shape index (κ1) is 12.9. The van der Waals surface area contributed by atoms with Crippen LogP contribution in [0.15, 0.2) is 18.2 Å². The Morgan fingerprint density at radius 2 is 2.33 bits per heavy atom. The summed E-state index contributed by atoms with van der Waals surface area (Å²) in [5, 5.41) is 12.4. The van der Waals surface area contributed by atoms with Gasteiger partial charge in [0.1, 0.15) is 0 Å². The summed E-state index contributed by atoms with van der Waals surface area (Å²) in [5.74, 6) is 0.0907. The topological polar surface area (TPSA) is 56.1 Å². The van der Waals surface area contributed by atoms with Gasteiger partial charge in [-0.1, -0.05) is 17.7 Å². The summed E-state index contributed by atoms with van der Waals surface area (Å²) in [6.07, 6.45) is 0.944. The van der Waals surface area contributed by atoms with Gasteiger partial charge in [-0.05, 0) is 30.7 Å². The van der Waals surface area contributed by atoms with Crippen LogP contribution in [0.3, 0.4) is 0 Å². The van der Waals surface area contributed by atoms with Crippen LogP contribution in [0, 0.1) is 11.3 Å². The molecule has 1 aliphatic rings. The second-order valence-electron chi connectivity index (χ2n) is 4.26. The lowest BCUT2D eigenvalue weighted by Gasteiger charge is -2.20. The van der Waals surface area contributed by atoms with Crippen molar-refractivity contribution in [2.75, 3.05) is 19.6 Å². The molecule has 1 N–H and O–H groups in total. The molecule has 0 atom stereocenters. The largest absolute Gasteiger partial charge is 0.337 e. The molecule has 0 radical (unpaired) electrons. The Morgan fingerprint density at radius 1 is 1.50 bits per heavy atom. The molecule has 1 aromatic carbocycles. The van der Waals surface area contributed by atoms with Crippen LogP contribution in [0.2, 0.25) is 5.02 Å². The summed E-state index contributed by atoms with van der Waals surface area (Å²) in [6, 6.07) is 7.21. The van der Waals surface area contributed by atoms with Crippen LogP contribution in [0.4, 0.5) is 0 Å². The maximum absolute atomic E-state index is 11.8. The predicted octanol–water partition coefficient (Wildman–Crippen LogP) is 1.53. The number of nitrogens with one attached hydrogen (secondary N) is 1. The summed E-state index contributed by atoms with van der Waals surface area (Å²) in [5.41, 5.74) is 1.42. The van der Waals surface area contributed by atoms with Gasteiger partial charge in [0.15, 0.2) is 0 Å². The number of carbonyl (C=O) groups excluding carboxylic acids is 1. The quantitative estimate of drug-likeness (QED) is 0.881. The summed E-state index contributed by atoms with van der Waals surface area (Å²) in [4.78, 5) is 13.6. The van der Waals surface area contributed by atoms with Gasteiger partial charge in [0.05, 0.1) is 18.2 Å². The molecule has 2 rings (SSSR count). The van der Waals surface area contributed by atoms with E-state index in [1.807, 2.05) is 12.1 Å². The van der Waals surface area contributed by atoms with E-state index in [-0.39, 0.29) is 5.91 Å². The first-order valence-corrected chi connectivity index (χ1v) is 6.25. The standard InChI is InChI=1S/C13H14ClN3O/c14-12-6-10(7-15)2-3-11(12)9-17-5-1-4-16-8-13(17)18/h2-3,6,16H,1,4-5,8-9H2. The highest BCUT2D eigenvalue weighted by Gasteiger charge is 2.17. The molecule has 0 saturated carbocycles. The Labute approximate surface area is 111 Å². The highest BCUT2D eigenvalue weighted by atomic mass is 35.5. The molecule has 1 fully saturated rings. The molecule has 0 unspecified atom stereocenters. The van der Waals surface area contributed by atoms with Crippen LogP contribution in [-0.4, -0.2) is 30.4 Å². The van der Waals surface area contributed by atoms with E-state index >= 15 is 0 Å². The normalized spacial score (nSPS) is 16.2. The summed E-state index contributed by atoms with van der Waals surface area (Å²) in [7, 11) is 0. The second-order valence-corrected chi connectivity index (χ2v) is 4.67. The van der Waals surface area contributed by atoms with Crippen LogP contribution in [0.5, 0.6) is 0 Å². The molecule has 4 nitrogen and oxygen atoms in total. The van der Waals surface area contributed by atoms with Crippen molar-refractivity contribution in [3.63, 3.8) is 0 Å². The second kappa shape index (κ2) is 5.85. The van der Waals surface area contributed by atoms with Gasteiger partial charge in [0.2, 0.25) is 5.91 Å². The lowest BCUT2D eigenvalue weighted by molar-refractivity contribution is -0.130. The van der Waals surface area contributed by atoms with E-state index in [0.717, 1.165) is 25.1 Å². The fraction of sp³-hybridized carbons (Fsp3) is 0.385. The van der Waals surface area contributed by atoms with Gasteiger partial charge in [-0.25, -0.2) is 0 Å². The van der Waals surface area contributed by atoms with E-state index in [4.69, 9.17) is 16.9 Å². The number of carbonyl (C=O) groups is 1. The molecule has 1 amide bonds. The maximum Gasteiger partial charge on any atom is 0.236 e. The van der Waals surface area contributed by atoms with Gasteiger partial charge in [-0.3, -0.25) is 4.79 Å². The monoisotopic (exact) mass is 263 g/mol. The number of rotatable bonds is 2. The van der Waals surface area contributed by atoms with Gasteiger partial charge in [0.25, 0.3) is 0 Å². The minimum atomic E-state index is 0.0907. The van der Waals surface area contributed by atoms with E-state index in [2.05, 4.69) is 5.32 Å². The third-order valence-corrected chi connectivity index (χ3v) is 3.31. The third-order valence-electron chi connectivity index (χ3n) is 2.95. The summed E-state index contributed by atoms with van der Waals surface area (Å²) < 4.78 is 0. The van der Waals surface area contributed by atoms with Crippen molar-refractivity contribution >= 4 is 17.5 Å². The van der Waals surface area contributed by atoms with Crippen molar-refractivity contribution in [1.82, 2.24) is 10.2 Å². The minimum absolute atomic E-state index is 0.0907. The van der Waals surface area contributed by atoms with Gasteiger partial charge in [-0.2, -0.15) is 5.26 Å². The van der Waals surface area contributed by atoms with E-state index in [0.29, 0.717) is 23.7 Å². The van der Waals surface area contributed by atoms with Crippen LogP contribution < -0.4 is 5.32 Å². The SMILES string of the molecule is N#Cc1ccc(CN2CCCNCC2=O)c(Cl)c1. The lowest BCUT2D eigenvalue weighted by atomic mass is 10.1. The van der Waals surface area contributed by atoms with Crippen LogP contribution in [-0.2, 0) is 11.3 Å². The molecular formula is C13H14ClN3O. The molecule has 0 spiro atoms. The van der Waals surface area contributed by atoms with Crippen molar-refractivity contribution in [3.05, 3.63) is 34.3 Å². The van der Waals surface area contributed by atoms with Gasteiger partial charge < -0.3 is 10.2 Å². The Balaban J connectivity index is 2.13. The molecule has 0 aromatic heterocycles. The molecule has 5 heteroatoms. The van der Waals surface area contributed by atoms with Crippen molar-refractivity contribution in [2.45, 2.75) is 13.0 Å². The predicted molar refractivity (Wildman–Crippen MR) is 69.1 cm³/mol. The third kappa shape index (κ3) is 3.00. The zero-order valence-corrected chi connectivity index (χ0v) is 10.7. The minimum Gasteiger partial charge on any atom is -0.337 e. The lowest BCUT2D eigenvalue weighted by Crippen LogP contribution is -2.34. The number of hydrogen-bond acceptors (Lipinski definition) is 3. The average Bonchev–Trinajstić information content (AvgIpc) is 2.57. The molecule has 1 aromatic rings. The van der Waals surface area contributed by atoms with Gasteiger partial charge in [-0.15, -0.1) is 0 Å². The van der Waals surface area contributed by atoms with Gasteiger partial charge >= 0.3 is 0 Å². The molecule has 1 heterocycles. The Morgan fingerprint density at radius 3 is 3.06 bits per heavy atom. The molecule has 1 aliphatic heterocycles. The first-order chi connectivity index (χ1) is 8.70. The molecule has 0 aliphatic carbocycles. The highest BCUT2D eigenvalue weighted by molar-refractivity contribution is 6.31. The molecule has 94 valence electrons. The van der Waals surface area contributed by atoms with E-state index in [9.17, 15) is 4.79 Å². The van der Waals surface area contributed by atoms with Crippen molar-refractivity contribution in [3.8, 4) is 6.07 Å². The molecular weight excluding hydrogens is 250 g/mol. The number of halogens is 1. The fourth-order valence-corrected chi connectivity index (χ4v) is 2.18. The number of benzene rings is 1.